The zero-order chi connectivity index (χ0) is 13.7. The molecule has 0 aliphatic rings. The topological polar surface area (TPSA) is 58.2 Å². The normalized spacial score (nSPS) is 11.8. The Morgan fingerprint density at radius 1 is 1.44 bits per heavy atom. The quantitative estimate of drug-likeness (QED) is 0.884. The third-order valence-corrected chi connectivity index (χ3v) is 2.57. The van der Waals surface area contributed by atoms with Crippen LogP contribution in [-0.4, -0.2) is 17.9 Å². The fourth-order valence-corrected chi connectivity index (χ4v) is 1.41. The summed E-state index contributed by atoms with van der Waals surface area (Å²) in [5.74, 6) is -1.16. The lowest BCUT2D eigenvalue weighted by molar-refractivity contribution is -0.125. The Labute approximate surface area is 110 Å². The summed E-state index contributed by atoms with van der Waals surface area (Å²) in [7, 11) is 0. The minimum absolute atomic E-state index is 0.0713. The molecule has 6 heteroatoms. The molecule has 1 atom stereocenters. The first-order valence-electron chi connectivity index (χ1n) is 5.49. The van der Waals surface area contributed by atoms with Gasteiger partial charge in [0, 0.05) is 12.1 Å². The minimum atomic E-state index is -0.665. The molecule has 0 spiro atoms. The summed E-state index contributed by atoms with van der Waals surface area (Å²) in [4.78, 5) is 22.8. The second-order valence-corrected chi connectivity index (χ2v) is 4.17. The predicted molar refractivity (Wildman–Crippen MR) is 67.9 cm³/mol. The van der Waals surface area contributed by atoms with Gasteiger partial charge >= 0.3 is 0 Å². The van der Waals surface area contributed by atoms with Crippen LogP contribution in [0.25, 0.3) is 0 Å². The Hall–Kier alpha value is -1.62. The number of hydrogen-bond acceptors (Lipinski definition) is 2. The van der Waals surface area contributed by atoms with E-state index < -0.39 is 11.9 Å². The van der Waals surface area contributed by atoms with Crippen molar-refractivity contribution in [1.29, 1.82) is 0 Å². The first kappa shape index (κ1) is 14.4. The summed E-state index contributed by atoms with van der Waals surface area (Å²) in [5.41, 5.74) is 0.379. The summed E-state index contributed by atoms with van der Waals surface area (Å²) < 4.78 is 12.9. The molecular weight excluding hydrogens is 259 g/mol. The van der Waals surface area contributed by atoms with E-state index in [9.17, 15) is 14.0 Å². The third-order valence-electron chi connectivity index (χ3n) is 2.28. The number of rotatable bonds is 4. The summed E-state index contributed by atoms with van der Waals surface area (Å²) in [6.07, 6.45) is 0.306. The molecule has 0 aromatic heterocycles. The van der Waals surface area contributed by atoms with Crippen LogP contribution in [0.5, 0.6) is 0 Å². The standard InChI is InChI=1S/C12H14ClFN2O2/c1-3-11(17)15-7(2)12(18)16-8-4-5-10(14)9(13)6-8/h4-7H,3H2,1-2H3,(H,15,17)(H,16,18). The Kier molecular flexibility index (Phi) is 5.09. The number of halogens is 2. The number of nitrogens with one attached hydrogen (secondary N) is 2. The second-order valence-electron chi connectivity index (χ2n) is 3.76. The van der Waals surface area contributed by atoms with E-state index in [0.29, 0.717) is 12.1 Å². The molecule has 1 unspecified atom stereocenters. The van der Waals surface area contributed by atoms with Gasteiger partial charge in [-0.05, 0) is 25.1 Å². The van der Waals surface area contributed by atoms with Crippen molar-refractivity contribution in [1.82, 2.24) is 5.32 Å². The van der Waals surface area contributed by atoms with Gasteiger partial charge in [-0.25, -0.2) is 4.39 Å². The van der Waals surface area contributed by atoms with Crippen LogP contribution in [0.1, 0.15) is 20.3 Å². The fraction of sp³-hybridized carbons (Fsp3) is 0.333. The maximum absolute atomic E-state index is 12.9. The monoisotopic (exact) mass is 272 g/mol. The van der Waals surface area contributed by atoms with Crippen molar-refractivity contribution >= 4 is 29.1 Å². The van der Waals surface area contributed by atoms with E-state index in [0.717, 1.165) is 6.07 Å². The maximum atomic E-state index is 12.9. The molecule has 0 saturated carbocycles. The highest BCUT2D eigenvalue weighted by Gasteiger charge is 2.15. The molecular formula is C12H14ClFN2O2. The maximum Gasteiger partial charge on any atom is 0.246 e. The van der Waals surface area contributed by atoms with Gasteiger partial charge in [-0.1, -0.05) is 18.5 Å². The summed E-state index contributed by atoms with van der Waals surface area (Å²) in [5, 5.41) is 4.98. The van der Waals surface area contributed by atoms with E-state index in [-0.39, 0.29) is 16.8 Å². The highest BCUT2D eigenvalue weighted by Crippen LogP contribution is 2.19. The van der Waals surface area contributed by atoms with Crippen LogP contribution in [-0.2, 0) is 9.59 Å². The SMILES string of the molecule is CCC(=O)NC(C)C(=O)Nc1ccc(F)c(Cl)c1. The first-order valence-corrected chi connectivity index (χ1v) is 5.87. The van der Waals surface area contributed by atoms with Crippen molar-refractivity contribution in [3.05, 3.63) is 29.0 Å². The van der Waals surface area contributed by atoms with Gasteiger partial charge in [-0.3, -0.25) is 9.59 Å². The molecule has 0 aliphatic heterocycles. The van der Waals surface area contributed by atoms with Gasteiger partial charge in [0.25, 0.3) is 0 Å². The number of carbonyl (C=O) groups is 2. The van der Waals surface area contributed by atoms with Crippen LogP contribution in [0.3, 0.4) is 0 Å². The van der Waals surface area contributed by atoms with Gasteiger partial charge in [0.1, 0.15) is 11.9 Å². The van der Waals surface area contributed by atoms with Crippen LogP contribution in [0.15, 0.2) is 18.2 Å². The van der Waals surface area contributed by atoms with Gasteiger partial charge in [0.15, 0.2) is 0 Å². The summed E-state index contributed by atoms with van der Waals surface area (Å²) in [6.45, 7) is 3.26. The Bertz CT molecular complexity index is 465. The summed E-state index contributed by atoms with van der Waals surface area (Å²) >= 11 is 5.59. The van der Waals surface area contributed by atoms with Gasteiger partial charge in [-0.2, -0.15) is 0 Å². The molecule has 98 valence electrons. The molecule has 1 rings (SSSR count). The third kappa shape index (κ3) is 4.00. The predicted octanol–water partition coefficient (Wildman–Crippen LogP) is 2.33. The zero-order valence-corrected chi connectivity index (χ0v) is 10.8. The van der Waals surface area contributed by atoms with Gasteiger partial charge in [-0.15, -0.1) is 0 Å². The molecule has 0 bridgehead atoms. The van der Waals surface area contributed by atoms with Crippen LogP contribution in [0.4, 0.5) is 10.1 Å². The van der Waals surface area contributed by atoms with E-state index in [1.807, 2.05) is 0 Å². The van der Waals surface area contributed by atoms with Crippen molar-refractivity contribution in [3.63, 3.8) is 0 Å². The van der Waals surface area contributed by atoms with Crippen molar-refractivity contribution in [3.8, 4) is 0 Å². The van der Waals surface area contributed by atoms with E-state index in [1.54, 1.807) is 13.8 Å². The van der Waals surface area contributed by atoms with Crippen molar-refractivity contribution < 1.29 is 14.0 Å². The molecule has 18 heavy (non-hydrogen) atoms. The Morgan fingerprint density at radius 3 is 2.67 bits per heavy atom. The van der Waals surface area contributed by atoms with Crippen molar-refractivity contribution in [2.75, 3.05) is 5.32 Å². The number of hydrogen-bond donors (Lipinski definition) is 2. The average molecular weight is 273 g/mol. The number of benzene rings is 1. The number of anilines is 1. The van der Waals surface area contributed by atoms with Crippen LogP contribution >= 0.6 is 11.6 Å². The van der Waals surface area contributed by atoms with E-state index in [2.05, 4.69) is 10.6 Å². The molecule has 4 nitrogen and oxygen atoms in total. The molecule has 0 radical (unpaired) electrons. The van der Waals surface area contributed by atoms with Crippen molar-refractivity contribution in [2.24, 2.45) is 0 Å². The Balaban J connectivity index is 2.63. The van der Waals surface area contributed by atoms with E-state index >= 15 is 0 Å². The fourth-order valence-electron chi connectivity index (χ4n) is 1.23. The lowest BCUT2D eigenvalue weighted by Gasteiger charge is -2.13. The largest absolute Gasteiger partial charge is 0.345 e. The highest BCUT2D eigenvalue weighted by molar-refractivity contribution is 6.31. The van der Waals surface area contributed by atoms with Gasteiger partial charge in [0.2, 0.25) is 11.8 Å². The molecule has 0 saturated heterocycles. The molecule has 2 amide bonds. The van der Waals surface area contributed by atoms with E-state index in [1.165, 1.54) is 12.1 Å². The Morgan fingerprint density at radius 2 is 2.11 bits per heavy atom. The first-order chi connectivity index (χ1) is 8.43. The van der Waals surface area contributed by atoms with Crippen molar-refractivity contribution in [2.45, 2.75) is 26.3 Å². The molecule has 0 fully saturated rings. The van der Waals surface area contributed by atoms with Gasteiger partial charge < -0.3 is 10.6 Å². The van der Waals surface area contributed by atoms with Crippen LogP contribution < -0.4 is 10.6 Å². The van der Waals surface area contributed by atoms with E-state index in [4.69, 9.17) is 11.6 Å². The lowest BCUT2D eigenvalue weighted by atomic mass is 10.2. The van der Waals surface area contributed by atoms with Gasteiger partial charge in [0.05, 0.1) is 5.02 Å². The van der Waals surface area contributed by atoms with Crippen LogP contribution in [0.2, 0.25) is 5.02 Å². The summed E-state index contributed by atoms with van der Waals surface area (Å²) in [6, 6.07) is 3.20. The molecule has 1 aromatic rings. The number of amides is 2. The second kappa shape index (κ2) is 6.35. The molecule has 2 N–H and O–H groups in total. The molecule has 0 aliphatic carbocycles. The smallest absolute Gasteiger partial charge is 0.246 e. The highest BCUT2D eigenvalue weighted by atomic mass is 35.5. The lowest BCUT2D eigenvalue weighted by Crippen LogP contribution is -2.41. The zero-order valence-electron chi connectivity index (χ0n) is 10.1. The molecule has 1 aromatic carbocycles. The minimum Gasteiger partial charge on any atom is -0.345 e. The number of carbonyl (C=O) groups excluding carboxylic acids is 2. The molecule has 0 heterocycles. The average Bonchev–Trinajstić information content (AvgIpc) is 2.33. The van der Waals surface area contributed by atoms with Crippen LogP contribution in [0, 0.1) is 5.82 Å².